The molecule has 1 fully saturated rings. The monoisotopic (exact) mass is 351 g/mol. The van der Waals surface area contributed by atoms with Crippen molar-refractivity contribution in [2.24, 2.45) is 0 Å². The molecule has 0 radical (unpaired) electrons. The molecule has 8 nitrogen and oxygen atoms in total. The second-order valence-corrected chi connectivity index (χ2v) is 5.44. The Morgan fingerprint density at radius 3 is 2.80 bits per heavy atom. The number of rotatable bonds is 6. The molecule has 0 saturated carbocycles. The number of anilines is 3. The van der Waals surface area contributed by atoms with Crippen LogP contribution in [0.25, 0.3) is 0 Å². The van der Waals surface area contributed by atoms with Gasteiger partial charge in [0.25, 0.3) is 0 Å². The molecule has 1 unspecified atom stereocenters. The molecular formula is C15H15F2N5O3. The van der Waals surface area contributed by atoms with E-state index in [0.29, 0.717) is 19.2 Å². The van der Waals surface area contributed by atoms with Crippen LogP contribution in [0.3, 0.4) is 0 Å². The van der Waals surface area contributed by atoms with Crippen molar-refractivity contribution >= 4 is 23.0 Å². The molecule has 1 aromatic heterocycles. The predicted octanol–water partition coefficient (Wildman–Crippen LogP) is 3.00. The van der Waals surface area contributed by atoms with Crippen molar-refractivity contribution < 1.29 is 18.4 Å². The molecule has 2 aromatic rings. The zero-order chi connectivity index (χ0) is 17.8. The number of halogens is 2. The van der Waals surface area contributed by atoms with E-state index in [1.165, 1.54) is 0 Å². The minimum Gasteiger partial charge on any atom is -0.376 e. The Morgan fingerprint density at radius 2 is 2.12 bits per heavy atom. The Kier molecular flexibility index (Phi) is 4.98. The van der Waals surface area contributed by atoms with Gasteiger partial charge in [0.05, 0.1) is 16.7 Å². The molecule has 1 aliphatic rings. The Bertz CT molecular complexity index is 784. The zero-order valence-corrected chi connectivity index (χ0v) is 13.0. The summed E-state index contributed by atoms with van der Waals surface area (Å²) in [5.41, 5.74) is -0.558. The Hall–Kier alpha value is -2.88. The maximum atomic E-state index is 13.8. The summed E-state index contributed by atoms with van der Waals surface area (Å²) in [5, 5.41) is 16.8. The van der Waals surface area contributed by atoms with Crippen LogP contribution >= 0.6 is 0 Å². The molecular weight excluding hydrogens is 336 g/mol. The number of nitrogens with one attached hydrogen (secondary N) is 2. The van der Waals surface area contributed by atoms with E-state index < -0.39 is 22.2 Å². The fourth-order valence-electron chi connectivity index (χ4n) is 2.51. The summed E-state index contributed by atoms with van der Waals surface area (Å²) in [6.07, 6.45) is 2.88. The molecule has 1 atom stereocenters. The van der Waals surface area contributed by atoms with Crippen LogP contribution in [0.2, 0.25) is 0 Å². The van der Waals surface area contributed by atoms with Crippen molar-refractivity contribution in [1.29, 1.82) is 0 Å². The van der Waals surface area contributed by atoms with E-state index >= 15 is 0 Å². The number of nitro groups is 1. The van der Waals surface area contributed by atoms with Gasteiger partial charge in [0, 0.05) is 19.2 Å². The maximum absolute atomic E-state index is 13.8. The van der Waals surface area contributed by atoms with Gasteiger partial charge in [-0.25, -0.2) is 18.7 Å². The molecule has 132 valence electrons. The van der Waals surface area contributed by atoms with Gasteiger partial charge in [-0.1, -0.05) is 0 Å². The zero-order valence-electron chi connectivity index (χ0n) is 13.0. The molecule has 0 spiro atoms. The standard InChI is InChI=1S/C15H15F2N5O3/c16-9-3-4-12(11(17)6-9)21-15-13(22(23)24)14(19-8-20-15)18-7-10-2-1-5-25-10/h3-4,6,8,10H,1-2,5,7H2,(H2,18,19,20,21). The molecule has 3 rings (SSSR count). The van der Waals surface area contributed by atoms with Crippen LogP contribution in [-0.4, -0.2) is 34.1 Å². The van der Waals surface area contributed by atoms with Gasteiger partial charge in [-0.2, -0.15) is 0 Å². The van der Waals surface area contributed by atoms with E-state index in [4.69, 9.17) is 4.74 Å². The average Bonchev–Trinajstić information content (AvgIpc) is 3.09. The van der Waals surface area contributed by atoms with Crippen LogP contribution in [0, 0.1) is 21.7 Å². The molecule has 2 N–H and O–H groups in total. The number of ether oxygens (including phenoxy) is 1. The fraction of sp³-hybridized carbons (Fsp3) is 0.333. The highest BCUT2D eigenvalue weighted by molar-refractivity contribution is 5.73. The minimum absolute atomic E-state index is 0.000481. The first-order chi connectivity index (χ1) is 12.0. The Morgan fingerprint density at radius 1 is 1.32 bits per heavy atom. The van der Waals surface area contributed by atoms with Crippen molar-refractivity contribution in [2.75, 3.05) is 23.8 Å². The minimum atomic E-state index is -0.887. The molecule has 10 heteroatoms. The first-order valence-corrected chi connectivity index (χ1v) is 7.61. The van der Waals surface area contributed by atoms with Gasteiger partial charge in [0.2, 0.25) is 11.6 Å². The maximum Gasteiger partial charge on any atom is 0.353 e. The van der Waals surface area contributed by atoms with Gasteiger partial charge >= 0.3 is 5.69 Å². The molecule has 2 heterocycles. The molecule has 1 aliphatic heterocycles. The van der Waals surface area contributed by atoms with Crippen molar-refractivity contribution in [2.45, 2.75) is 18.9 Å². The highest BCUT2D eigenvalue weighted by atomic mass is 19.1. The van der Waals surface area contributed by atoms with Crippen LogP contribution in [0.5, 0.6) is 0 Å². The number of hydrogen-bond donors (Lipinski definition) is 2. The van der Waals surface area contributed by atoms with Crippen molar-refractivity contribution in [3.8, 4) is 0 Å². The average molecular weight is 351 g/mol. The lowest BCUT2D eigenvalue weighted by Crippen LogP contribution is -2.20. The first-order valence-electron chi connectivity index (χ1n) is 7.61. The largest absolute Gasteiger partial charge is 0.376 e. The second-order valence-electron chi connectivity index (χ2n) is 5.44. The summed E-state index contributed by atoms with van der Waals surface area (Å²) in [5.74, 6) is -1.83. The summed E-state index contributed by atoms with van der Waals surface area (Å²) >= 11 is 0. The molecule has 1 saturated heterocycles. The topological polar surface area (TPSA) is 102 Å². The van der Waals surface area contributed by atoms with E-state index in [0.717, 1.165) is 31.3 Å². The molecule has 0 amide bonds. The van der Waals surface area contributed by atoms with Crippen molar-refractivity contribution in [3.63, 3.8) is 0 Å². The van der Waals surface area contributed by atoms with Crippen molar-refractivity contribution in [3.05, 3.63) is 46.3 Å². The summed E-state index contributed by atoms with van der Waals surface area (Å²) < 4.78 is 32.2. The van der Waals surface area contributed by atoms with E-state index in [-0.39, 0.29) is 23.4 Å². The summed E-state index contributed by atoms with van der Waals surface area (Å²) in [7, 11) is 0. The van der Waals surface area contributed by atoms with E-state index in [1.807, 2.05) is 0 Å². The summed E-state index contributed by atoms with van der Waals surface area (Å²) in [4.78, 5) is 18.5. The number of aromatic nitrogens is 2. The lowest BCUT2D eigenvalue weighted by Gasteiger charge is -2.13. The predicted molar refractivity (Wildman–Crippen MR) is 85.8 cm³/mol. The quantitative estimate of drug-likeness (QED) is 0.609. The van der Waals surface area contributed by atoms with E-state index in [2.05, 4.69) is 20.6 Å². The summed E-state index contributed by atoms with van der Waals surface area (Å²) in [6, 6.07) is 2.84. The molecule has 0 bridgehead atoms. The van der Waals surface area contributed by atoms with Gasteiger partial charge in [0.1, 0.15) is 18.0 Å². The molecule has 1 aromatic carbocycles. The van der Waals surface area contributed by atoms with Gasteiger partial charge in [-0.3, -0.25) is 10.1 Å². The molecule has 0 aliphatic carbocycles. The highest BCUT2D eigenvalue weighted by Crippen LogP contribution is 2.32. The molecule has 25 heavy (non-hydrogen) atoms. The lowest BCUT2D eigenvalue weighted by molar-refractivity contribution is -0.383. The lowest BCUT2D eigenvalue weighted by atomic mass is 10.2. The van der Waals surface area contributed by atoms with Crippen molar-refractivity contribution in [1.82, 2.24) is 9.97 Å². The second kappa shape index (κ2) is 7.34. The SMILES string of the molecule is O=[N+]([O-])c1c(NCC2CCCO2)ncnc1Nc1ccc(F)cc1F. The third-order valence-corrected chi connectivity index (χ3v) is 3.71. The third kappa shape index (κ3) is 3.97. The van der Waals surface area contributed by atoms with Crippen LogP contribution in [0.1, 0.15) is 12.8 Å². The van der Waals surface area contributed by atoms with Gasteiger partial charge in [0.15, 0.2) is 0 Å². The number of benzene rings is 1. The first kappa shape index (κ1) is 17.0. The third-order valence-electron chi connectivity index (χ3n) is 3.71. The van der Waals surface area contributed by atoms with Gasteiger partial charge in [-0.15, -0.1) is 0 Å². The Balaban J connectivity index is 1.85. The smallest absolute Gasteiger partial charge is 0.353 e. The number of nitrogens with zero attached hydrogens (tertiary/aromatic N) is 3. The van der Waals surface area contributed by atoms with E-state index in [1.54, 1.807) is 0 Å². The van der Waals surface area contributed by atoms with Gasteiger partial charge < -0.3 is 15.4 Å². The van der Waals surface area contributed by atoms with Crippen LogP contribution < -0.4 is 10.6 Å². The van der Waals surface area contributed by atoms with Gasteiger partial charge in [-0.05, 0) is 25.0 Å². The van der Waals surface area contributed by atoms with E-state index in [9.17, 15) is 18.9 Å². The van der Waals surface area contributed by atoms with Crippen LogP contribution in [0.4, 0.5) is 31.8 Å². The number of hydrogen-bond acceptors (Lipinski definition) is 7. The highest BCUT2D eigenvalue weighted by Gasteiger charge is 2.25. The van der Waals surface area contributed by atoms with Crippen LogP contribution in [-0.2, 0) is 4.74 Å². The summed E-state index contributed by atoms with van der Waals surface area (Å²) in [6.45, 7) is 1.02. The van der Waals surface area contributed by atoms with Crippen LogP contribution in [0.15, 0.2) is 24.5 Å². The normalized spacial score (nSPS) is 16.6. The fourth-order valence-corrected chi connectivity index (χ4v) is 2.51. The Labute approximate surface area is 141 Å².